The van der Waals surface area contributed by atoms with Crippen LogP contribution in [0.3, 0.4) is 0 Å². The summed E-state index contributed by atoms with van der Waals surface area (Å²) >= 11 is 0. The van der Waals surface area contributed by atoms with Crippen LogP contribution in [0, 0.1) is 0 Å². The molecule has 0 unspecified atom stereocenters. The number of nitrogens with zero attached hydrogens (tertiary/aromatic N) is 3. The van der Waals surface area contributed by atoms with Gasteiger partial charge in [-0.15, -0.1) is 0 Å². The Balaban J connectivity index is 1.25. The number of rotatable bonds is 6. The molecule has 0 atom stereocenters. The summed E-state index contributed by atoms with van der Waals surface area (Å²) in [5.41, 5.74) is 5.46. The number of carbonyl (C=O) groups excluding carboxylic acids is 2. The maximum atomic E-state index is 13.7. The average molecular weight is 500 g/mol. The van der Waals surface area contributed by atoms with Crippen LogP contribution in [0.15, 0.2) is 121 Å². The Kier molecular flexibility index (Phi) is 6.59. The van der Waals surface area contributed by atoms with E-state index in [1.807, 2.05) is 77.3 Å². The molecule has 0 saturated carbocycles. The summed E-state index contributed by atoms with van der Waals surface area (Å²) < 4.78 is 1.83. The van der Waals surface area contributed by atoms with Crippen LogP contribution in [0.4, 0.5) is 0 Å². The predicted molar refractivity (Wildman–Crippen MR) is 150 cm³/mol. The van der Waals surface area contributed by atoms with Gasteiger partial charge in [0.1, 0.15) is 5.69 Å². The molecule has 0 radical (unpaired) electrons. The number of aromatic nitrogens is 1. The number of fused-ring (bicyclic) bond motifs is 1. The monoisotopic (exact) mass is 499 g/mol. The summed E-state index contributed by atoms with van der Waals surface area (Å²) in [6.07, 6.45) is 1.85. The first-order chi connectivity index (χ1) is 18.7. The van der Waals surface area contributed by atoms with Gasteiger partial charge in [0.2, 0.25) is 0 Å². The minimum atomic E-state index is -0.467. The fourth-order valence-electron chi connectivity index (χ4n) is 5.51. The zero-order valence-electron chi connectivity index (χ0n) is 21.1. The highest BCUT2D eigenvalue weighted by Crippen LogP contribution is 2.31. The highest BCUT2D eigenvalue weighted by Gasteiger charge is 2.33. The van der Waals surface area contributed by atoms with Crippen LogP contribution in [0.2, 0.25) is 0 Å². The molecule has 0 N–H and O–H groups in total. The molecule has 6 rings (SSSR count). The van der Waals surface area contributed by atoms with E-state index in [9.17, 15) is 9.59 Å². The molecule has 5 nitrogen and oxygen atoms in total. The highest BCUT2D eigenvalue weighted by atomic mass is 16.2. The third-order valence-corrected chi connectivity index (χ3v) is 7.37. The Morgan fingerprint density at radius 2 is 1.18 bits per heavy atom. The summed E-state index contributed by atoms with van der Waals surface area (Å²) in [5, 5.41) is 0. The number of pyridine rings is 1. The van der Waals surface area contributed by atoms with Gasteiger partial charge in [0.25, 0.3) is 11.7 Å². The van der Waals surface area contributed by atoms with E-state index in [-0.39, 0.29) is 6.04 Å². The number of piperazine rings is 1. The third-order valence-electron chi connectivity index (χ3n) is 7.37. The Morgan fingerprint density at radius 3 is 1.79 bits per heavy atom. The van der Waals surface area contributed by atoms with Gasteiger partial charge in [0, 0.05) is 43.5 Å². The van der Waals surface area contributed by atoms with Crippen molar-refractivity contribution < 1.29 is 9.59 Å². The van der Waals surface area contributed by atoms with Gasteiger partial charge in [-0.05, 0) is 34.9 Å². The molecule has 0 spiro atoms. The fraction of sp³-hybridized carbons (Fsp3) is 0.152. The van der Waals surface area contributed by atoms with Crippen molar-refractivity contribution in [1.29, 1.82) is 0 Å². The SMILES string of the molecule is O=C(C(=O)N1CCN(C(c2ccccc2)c2ccccc2)CC1)c1c(-c2ccccc2)cc2ccccn12. The van der Waals surface area contributed by atoms with E-state index in [1.165, 1.54) is 11.1 Å². The summed E-state index contributed by atoms with van der Waals surface area (Å²) in [7, 11) is 0. The Morgan fingerprint density at radius 1 is 0.632 bits per heavy atom. The standard InChI is InChI=1S/C33H29N3O2/c37-32(31-29(25-12-4-1-5-13-25)24-28-18-10-11-19-36(28)31)33(38)35-22-20-34(21-23-35)30(26-14-6-2-7-15-26)27-16-8-3-9-17-27/h1-19,24,30H,20-23H2. The summed E-state index contributed by atoms with van der Waals surface area (Å²) in [6.45, 7) is 2.39. The quantitative estimate of drug-likeness (QED) is 0.222. The Bertz CT molecular complexity index is 1510. The van der Waals surface area contributed by atoms with Gasteiger partial charge in [0.05, 0.1) is 6.04 Å². The molecule has 0 bridgehead atoms. The third kappa shape index (κ3) is 4.53. The van der Waals surface area contributed by atoms with Crippen molar-refractivity contribution in [3.8, 4) is 11.1 Å². The summed E-state index contributed by atoms with van der Waals surface area (Å²) in [6, 6.07) is 38.6. The van der Waals surface area contributed by atoms with Crippen LogP contribution in [-0.2, 0) is 4.79 Å². The number of hydrogen-bond acceptors (Lipinski definition) is 3. The molecule has 3 aromatic carbocycles. The molecule has 0 aliphatic carbocycles. The molecule has 5 aromatic rings. The summed E-state index contributed by atoms with van der Waals surface area (Å²) in [5.74, 6) is -0.909. The van der Waals surface area contributed by atoms with Gasteiger partial charge < -0.3 is 9.30 Å². The van der Waals surface area contributed by atoms with Gasteiger partial charge in [-0.3, -0.25) is 14.5 Å². The van der Waals surface area contributed by atoms with Crippen LogP contribution in [-0.4, -0.2) is 52.1 Å². The number of carbonyl (C=O) groups is 2. The van der Waals surface area contributed by atoms with Crippen molar-refractivity contribution in [2.75, 3.05) is 26.2 Å². The zero-order chi connectivity index (χ0) is 25.9. The molecule has 1 amide bonds. The van der Waals surface area contributed by atoms with E-state index >= 15 is 0 Å². The van der Waals surface area contributed by atoms with E-state index < -0.39 is 11.7 Å². The van der Waals surface area contributed by atoms with Crippen LogP contribution in [0.5, 0.6) is 0 Å². The average Bonchev–Trinajstić information content (AvgIpc) is 3.38. The minimum Gasteiger partial charge on any atom is -0.333 e. The second kappa shape index (κ2) is 10.5. The van der Waals surface area contributed by atoms with E-state index in [0.717, 1.165) is 16.6 Å². The van der Waals surface area contributed by atoms with Gasteiger partial charge >= 0.3 is 0 Å². The number of Topliss-reactive ketones (excluding diaryl/α,β-unsaturated/α-hetero) is 1. The van der Waals surface area contributed by atoms with Gasteiger partial charge in [0.15, 0.2) is 0 Å². The van der Waals surface area contributed by atoms with Crippen molar-refractivity contribution in [1.82, 2.24) is 14.2 Å². The molecule has 188 valence electrons. The Labute approximate surface area is 222 Å². The smallest absolute Gasteiger partial charge is 0.296 e. The van der Waals surface area contributed by atoms with Crippen molar-refractivity contribution in [3.05, 3.63) is 138 Å². The molecule has 1 aliphatic rings. The zero-order valence-corrected chi connectivity index (χ0v) is 21.1. The lowest BCUT2D eigenvalue weighted by Gasteiger charge is -2.39. The number of hydrogen-bond donors (Lipinski definition) is 0. The number of ketones is 1. The van der Waals surface area contributed by atoms with E-state index in [4.69, 9.17) is 0 Å². The van der Waals surface area contributed by atoms with Gasteiger partial charge in [-0.2, -0.15) is 0 Å². The first-order valence-electron chi connectivity index (χ1n) is 13.0. The second-order valence-electron chi connectivity index (χ2n) is 9.65. The molecule has 1 saturated heterocycles. The lowest BCUT2D eigenvalue weighted by Crippen LogP contribution is -2.51. The fourth-order valence-corrected chi connectivity index (χ4v) is 5.51. The molecule has 38 heavy (non-hydrogen) atoms. The normalized spacial score (nSPS) is 14.2. The first-order valence-corrected chi connectivity index (χ1v) is 13.0. The molecule has 1 fully saturated rings. The minimum absolute atomic E-state index is 0.101. The van der Waals surface area contributed by atoms with Crippen LogP contribution in [0.25, 0.3) is 16.6 Å². The van der Waals surface area contributed by atoms with Crippen LogP contribution < -0.4 is 0 Å². The van der Waals surface area contributed by atoms with Gasteiger partial charge in [-0.25, -0.2) is 0 Å². The predicted octanol–water partition coefficient (Wildman–Crippen LogP) is 5.72. The molecule has 5 heteroatoms. The van der Waals surface area contributed by atoms with Crippen molar-refractivity contribution >= 4 is 17.2 Å². The lowest BCUT2D eigenvalue weighted by atomic mass is 9.96. The van der Waals surface area contributed by atoms with Gasteiger partial charge in [-0.1, -0.05) is 97.1 Å². The first kappa shape index (κ1) is 23.9. The van der Waals surface area contributed by atoms with Crippen molar-refractivity contribution in [2.24, 2.45) is 0 Å². The second-order valence-corrected chi connectivity index (χ2v) is 9.65. The largest absolute Gasteiger partial charge is 0.333 e. The Hall–Kier alpha value is -4.48. The topological polar surface area (TPSA) is 45.0 Å². The molecule has 3 heterocycles. The van der Waals surface area contributed by atoms with Crippen LogP contribution >= 0.6 is 0 Å². The lowest BCUT2D eigenvalue weighted by molar-refractivity contribution is -0.128. The molecular formula is C33H29N3O2. The maximum absolute atomic E-state index is 13.7. The van der Waals surface area contributed by atoms with Crippen LogP contribution in [0.1, 0.15) is 27.7 Å². The number of benzene rings is 3. The maximum Gasteiger partial charge on any atom is 0.296 e. The van der Waals surface area contributed by atoms with Crippen molar-refractivity contribution in [3.63, 3.8) is 0 Å². The van der Waals surface area contributed by atoms with Crippen molar-refractivity contribution in [2.45, 2.75) is 6.04 Å². The number of amides is 1. The van der Waals surface area contributed by atoms with E-state index in [1.54, 1.807) is 4.90 Å². The van der Waals surface area contributed by atoms with E-state index in [0.29, 0.717) is 31.9 Å². The highest BCUT2D eigenvalue weighted by molar-refractivity contribution is 6.43. The summed E-state index contributed by atoms with van der Waals surface area (Å²) in [4.78, 5) is 31.4. The van der Waals surface area contributed by atoms with E-state index in [2.05, 4.69) is 53.4 Å². The molecular weight excluding hydrogens is 470 g/mol. The molecule has 1 aliphatic heterocycles. The molecule has 2 aromatic heterocycles.